The summed E-state index contributed by atoms with van der Waals surface area (Å²) in [5, 5.41) is 5.00. The van der Waals surface area contributed by atoms with Crippen molar-refractivity contribution in [3.63, 3.8) is 0 Å². The number of carbonyl (C=O) groups is 2. The van der Waals surface area contributed by atoms with Gasteiger partial charge in [0.2, 0.25) is 11.8 Å². The predicted molar refractivity (Wildman–Crippen MR) is 105 cm³/mol. The van der Waals surface area contributed by atoms with Crippen LogP contribution in [0.3, 0.4) is 0 Å². The van der Waals surface area contributed by atoms with Crippen LogP contribution < -0.4 is 10.1 Å². The zero-order valence-corrected chi connectivity index (χ0v) is 16.0. The van der Waals surface area contributed by atoms with Crippen LogP contribution in [-0.4, -0.2) is 74.6 Å². The molecule has 0 aromatic heterocycles. The molecular formula is C21H25N3O4. The smallest absolute Gasteiger partial charge is 0.236 e. The Hall–Kier alpha value is -2.64. The van der Waals surface area contributed by atoms with Gasteiger partial charge in [-0.25, -0.2) is 0 Å². The number of hydrogen-bond donors (Lipinski definition) is 1. The lowest BCUT2D eigenvalue weighted by Crippen LogP contribution is -2.52. The Kier molecular flexibility index (Phi) is 5.45. The van der Waals surface area contributed by atoms with E-state index in [0.717, 1.165) is 22.1 Å². The van der Waals surface area contributed by atoms with Gasteiger partial charge < -0.3 is 19.7 Å². The minimum Gasteiger partial charge on any atom is -0.497 e. The summed E-state index contributed by atoms with van der Waals surface area (Å²) in [4.78, 5) is 28.0. The summed E-state index contributed by atoms with van der Waals surface area (Å²) in [5.74, 6) is 0.859. The van der Waals surface area contributed by atoms with E-state index in [1.54, 1.807) is 7.11 Å². The Labute approximate surface area is 164 Å². The number of methoxy groups -OCH3 is 1. The van der Waals surface area contributed by atoms with E-state index in [1.165, 1.54) is 0 Å². The number of nitrogens with one attached hydrogen (secondary N) is 1. The van der Waals surface area contributed by atoms with Crippen LogP contribution in [0.5, 0.6) is 5.75 Å². The fourth-order valence-corrected chi connectivity index (χ4v) is 3.76. The van der Waals surface area contributed by atoms with Crippen LogP contribution in [0.2, 0.25) is 0 Å². The van der Waals surface area contributed by atoms with Crippen LogP contribution >= 0.6 is 0 Å². The highest BCUT2D eigenvalue weighted by Gasteiger charge is 2.27. The van der Waals surface area contributed by atoms with Gasteiger partial charge in [-0.2, -0.15) is 0 Å². The quantitative estimate of drug-likeness (QED) is 0.859. The van der Waals surface area contributed by atoms with Crippen molar-refractivity contribution < 1.29 is 19.1 Å². The van der Waals surface area contributed by atoms with Crippen molar-refractivity contribution >= 4 is 22.6 Å². The Morgan fingerprint density at radius 1 is 1.21 bits per heavy atom. The van der Waals surface area contributed by atoms with Crippen molar-refractivity contribution in [2.45, 2.75) is 6.10 Å². The predicted octanol–water partition coefficient (Wildman–Crippen LogP) is 1.18. The number of carbonyl (C=O) groups excluding carboxylic acids is 2. The van der Waals surface area contributed by atoms with Crippen molar-refractivity contribution in [2.75, 3.05) is 53.0 Å². The first kappa shape index (κ1) is 18.7. The molecule has 0 saturated carbocycles. The highest BCUT2D eigenvalue weighted by atomic mass is 16.5. The van der Waals surface area contributed by atoms with Gasteiger partial charge in [0, 0.05) is 19.6 Å². The number of piperazine rings is 1. The second kappa shape index (κ2) is 8.16. The minimum atomic E-state index is -0.145. The third-order valence-electron chi connectivity index (χ3n) is 5.34. The molecule has 7 heteroatoms. The lowest BCUT2D eigenvalue weighted by atomic mass is 10.0. The number of morpholine rings is 1. The van der Waals surface area contributed by atoms with Crippen LogP contribution in [0.25, 0.3) is 10.8 Å². The van der Waals surface area contributed by atoms with Gasteiger partial charge >= 0.3 is 0 Å². The normalized spacial score (nSPS) is 20.8. The summed E-state index contributed by atoms with van der Waals surface area (Å²) in [6, 6.07) is 12.2. The number of ether oxygens (including phenoxy) is 2. The largest absolute Gasteiger partial charge is 0.497 e. The summed E-state index contributed by atoms with van der Waals surface area (Å²) in [7, 11) is 1.66. The number of hydrogen-bond acceptors (Lipinski definition) is 5. The van der Waals surface area contributed by atoms with Crippen LogP contribution in [0.4, 0.5) is 0 Å². The van der Waals surface area contributed by atoms with Gasteiger partial charge in [0.15, 0.2) is 0 Å². The first-order valence-corrected chi connectivity index (χ1v) is 9.58. The first-order valence-electron chi connectivity index (χ1n) is 9.58. The molecule has 0 unspecified atom stereocenters. The van der Waals surface area contributed by atoms with Gasteiger partial charge in [0.25, 0.3) is 0 Å². The molecule has 2 aromatic rings. The standard InChI is InChI=1S/C21H25N3O4/c1-27-18-5-4-15-10-17(3-2-16(15)11-18)19-12-24(8-9-28-19)21(26)14-23-7-6-22-20(25)13-23/h2-5,10-11,19H,6-9,12-14H2,1H3,(H,22,25)/t19-/m1/s1. The fourth-order valence-electron chi connectivity index (χ4n) is 3.76. The second-order valence-electron chi connectivity index (χ2n) is 7.23. The molecule has 2 fully saturated rings. The molecule has 1 atom stereocenters. The van der Waals surface area contributed by atoms with E-state index in [2.05, 4.69) is 23.5 Å². The fraction of sp³-hybridized carbons (Fsp3) is 0.429. The average molecular weight is 383 g/mol. The Morgan fingerprint density at radius 3 is 2.86 bits per heavy atom. The maximum absolute atomic E-state index is 12.7. The number of benzene rings is 2. The first-order chi connectivity index (χ1) is 13.6. The molecule has 2 heterocycles. The van der Waals surface area contributed by atoms with E-state index >= 15 is 0 Å². The third kappa shape index (κ3) is 4.10. The van der Waals surface area contributed by atoms with Crippen molar-refractivity contribution in [1.29, 1.82) is 0 Å². The van der Waals surface area contributed by atoms with E-state index < -0.39 is 0 Å². The maximum atomic E-state index is 12.7. The molecule has 28 heavy (non-hydrogen) atoms. The summed E-state index contributed by atoms with van der Waals surface area (Å²) in [6.45, 7) is 3.49. The highest BCUT2D eigenvalue weighted by molar-refractivity contribution is 5.85. The van der Waals surface area contributed by atoms with Crippen LogP contribution in [0, 0.1) is 0 Å². The summed E-state index contributed by atoms with van der Waals surface area (Å²) < 4.78 is 11.2. The van der Waals surface area contributed by atoms with E-state index in [4.69, 9.17) is 9.47 Å². The maximum Gasteiger partial charge on any atom is 0.236 e. The van der Waals surface area contributed by atoms with Gasteiger partial charge in [0.05, 0.1) is 33.4 Å². The summed E-state index contributed by atoms with van der Waals surface area (Å²) in [6.07, 6.45) is -0.145. The van der Waals surface area contributed by atoms with Gasteiger partial charge in [0.1, 0.15) is 11.9 Å². The van der Waals surface area contributed by atoms with Crippen molar-refractivity contribution in [1.82, 2.24) is 15.1 Å². The zero-order chi connectivity index (χ0) is 19.5. The molecule has 0 bridgehead atoms. The topological polar surface area (TPSA) is 71.1 Å². The summed E-state index contributed by atoms with van der Waals surface area (Å²) in [5.41, 5.74) is 1.06. The molecule has 2 aliphatic heterocycles. The van der Waals surface area contributed by atoms with E-state index in [9.17, 15) is 9.59 Å². The van der Waals surface area contributed by atoms with Crippen LogP contribution in [0.15, 0.2) is 36.4 Å². The highest BCUT2D eigenvalue weighted by Crippen LogP contribution is 2.28. The molecule has 148 valence electrons. The van der Waals surface area contributed by atoms with E-state index in [-0.39, 0.29) is 31.0 Å². The third-order valence-corrected chi connectivity index (χ3v) is 5.34. The Balaban J connectivity index is 1.43. The number of fused-ring (bicyclic) bond motifs is 1. The lowest BCUT2D eigenvalue weighted by Gasteiger charge is -2.35. The summed E-state index contributed by atoms with van der Waals surface area (Å²) >= 11 is 0. The van der Waals surface area contributed by atoms with Gasteiger partial charge in [-0.1, -0.05) is 18.2 Å². The lowest BCUT2D eigenvalue weighted by molar-refractivity contribution is -0.141. The van der Waals surface area contributed by atoms with E-state index in [0.29, 0.717) is 32.8 Å². The molecule has 2 aliphatic rings. The van der Waals surface area contributed by atoms with Gasteiger partial charge in [-0.15, -0.1) is 0 Å². The monoisotopic (exact) mass is 383 g/mol. The molecule has 0 aliphatic carbocycles. The van der Waals surface area contributed by atoms with Crippen LogP contribution in [0.1, 0.15) is 11.7 Å². The molecule has 0 radical (unpaired) electrons. The SMILES string of the molecule is COc1ccc2cc([C@H]3CN(C(=O)CN4CCNC(=O)C4)CCO3)ccc2c1. The Bertz CT molecular complexity index is 885. The molecule has 7 nitrogen and oxygen atoms in total. The molecular weight excluding hydrogens is 358 g/mol. The zero-order valence-electron chi connectivity index (χ0n) is 16.0. The molecule has 4 rings (SSSR count). The second-order valence-corrected chi connectivity index (χ2v) is 7.23. The molecule has 2 saturated heterocycles. The minimum absolute atomic E-state index is 0.0216. The number of nitrogens with zero attached hydrogens (tertiary/aromatic N) is 2. The number of rotatable bonds is 4. The van der Waals surface area contributed by atoms with E-state index in [1.807, 2.05) is 28.0 Å². The van der Waals surface area contributed by atoms with Crippen molar-refractivity contribution in [3.8, 4) is 5.75 Å². The van der Waals surface area contributed by atoms with Gasteiger partial charge in [-0.05, 0) is 34.5 Å². The number of amides is 2. The Morgan fingerprint density at radius 2 is 2.04 bits per heavy atom. The van der Waals surface area contributed by atoms with Crippen LogP contribution in [-0.2, 0) is 14.3 Å². The molecule has 2 aromatic carbocycles. The molecule has 0 spiro atoms. The average Bonchev–Trinajstić information content (AvgIpc) is 2.73. The van der Waals surface area contributed by atoms with Gasteiger partial charge in [-0.3, -0.25) is 14.5 Å². The van der Waals surface area contributed by atoms with Crippen molar-refractivity contribution in [3.05, 3.63) is 42.0 Å². The molecule has 2 amide bonds. The van der Waals surface area contributed by atoms with Crippen molar-refractivity contribution in [2.24, 2.45) is 0 Å². The molecule has 1 N–H and O–H groups in total.